The van der Waals surface area contributed by atoms with Gasteiger partial charge in [-0.3, -0.25) is 0 Å². The van der Waals surface area contributed by atoms with Gasteiger partial charge in [0.1, 0.15) is 5.75 Å². The van der Waals surface area contributed by atoms with Gasteiger partial charge in [0.15, 0.2) is 6.10 Å². The molecule has 1 unspecified atom stereocenters. The van der Waals surface area contributed by atoms with E-state index in [1.807, 2.05) is 6.92 Å². The second-order valence-electron chi connectivity index (χ2n) is 2.95. The summed E-state index contributed by atoms with van der Waals surface area (Å²) in [5, 5.41) is 17.7. The fourth-order valence-corrected chi connectivity index (χ4v) is 1.04. The third kappa shape index (κ3) is 2.75. The number of nitrogens with zero attached hydrogens (tertiary/aromatic N) is 1. The maximum Gasteiger partial charge on any atom is 0.165 e. The van der Waals surface area contributed by atoms with Crippen molar-refractivity contribution in [2.24, 2.45) is 0 Å². The first-order chi connectivity index (χ1) is 6.77. The van der Waals surface area contributed by atoms with E-state index >= 15 is 0 Å². The van der Waals surface area contributed by atoms with Crippen molar-refractivity contribution in [3.63, 3.8) is 0 Å². The molecule has 14 heavy (non-hydrogen) atoms. The van der Waals surface area contributed by atoms with Crippen LogP contribution in [0.4, 0.5) is 0 Å². The minimum atomic E-state index is -1.05. The van der Waals surface area contributed by atoms with Gasteiger partial charge in [0, 0.05) is 0 Å². The Morgan fingerprint density at radius 3 is 2.57 bits per heavy atom. The fourth-order valence-electron chi connectivity index (χ4n) is 1.04. The van der Waals surface area contributed by atoms with Crippen LogP contribution in [0, 0.1) is 11.3 Å². The molecule has 3 nitrogen and oxygen atoms in total. The van der Waals surface area contributed by atoms with Crippen LogP contribution in [0.25, 0.3) is 0 Å². The van der Waals surface area contributed by atoms with Gasteiger partial charge in [-0.05, 0) is 24.1 Å². The minimum absolute atomic E-state index is 0.594. The average Bonchev–Trinajstić information content (AvgIpc) is 2.26. The molecule has 0 saturated carbocycles. The Morgan fingerprint density at radius 2 is 2.07 bits per heavy atom. The lowest BCUT2D eigenvalue weighted by Crippen LogP contribution is -1.96. The maximum atomic E-state index is 9.19. The lowest BCUT2D eigenvalue weighted by molar-refractivity contribution is 0.235. The molecule has 0 amide bonds. The molecule has 0 aliphatic rings. The first kappa shape index (κ1) is 10.6. The molecule has 0 fully saturated rings. The van der Waals surface area contributed by atoms with Crippen LogP contribution in [-0.4, -0.2) is 11.7 Å². The molecule has 0 aliphatic carbocycles. The van der Waals surface area contributed by atoms with Crippen LogP contribution >= 0.6 is 0 Å². The van der Waals surface area contributed by atoms with Crippen molar-refractivity contribution in [2.45, 2.75) is 19.4 Å². The summed E-state index contributed by atoms with van der Waals surface area (Å²) in [6.45, 7) is 2.72. The van der Waals surface area contributed by atoms with Crippen LogP contribution in [0.2, 0.25) is 0 Å². The number of rotatable bonds is 4. The maximum absolute atomic E-state index is 9.19. The molecular weight excluding hydrogens is 178 g/mol. The van der Waals surface area contributed by atoms with E-state index in [4.69, 9.17) is 10.00 Å². The standard InChI is InChI=1S/C11H13NO2/c1-2-7-14-10-5-3-9(4-6-10)11(13)8-12/h3-6,11,13H,2,7H2,1H3. The second kappa shape index (κ2) is 5.25. The van der Waals surface area contributed by atoms with Crippen LogP contribution in [0.15, 0.2) is 24.3 Å². The fraction of sp³-hybridized carbons (Fsp3) is 0.364. The molecule has 0 saturated heterocycles. The highest BCUT2D eigenvalue weighted by molar-refractivity contribution is 5.30. The van der Waals surface area contributed by atoms with Gasteiger partial charge in [-0.25, -0.2) is 0 Å². The number of benzene rings is 1. The van der Waals surface area contributed by atoms with Crippen molar-refractivity contribution in [2.75, 3.05) is 6.61 Å². The Kier molecular flexibility index (Phi) is 3.96. The van der Waals surface area contributed by atoms with Gasteiger partial charge in [-0.1, -0.05) is 19.1 Å². The zero-order valence-electron chi connectivity index (χ0n) is 8.10. The quantitative estimate of drug-likeness (QED) is 0.741. The van der Waals surface area contributed by atoms with E-state index in [1.54, 1.807) is 30.3 Å². The van der Waals surface area contributed by atoms with E-state index in [-0.39, 0.29) is 0 Å². The van der Waals surface area contributed by atoms with E-state index in [2.05, 4.69) is 0 Å². The SMILES string of the molecule is CCCOc1ccc(C(O)C#N)cc1. The number of aliphatic hydroxyl groups is 1. The molecule has 0 aliphatic heterocycles. The zero-order valence-corrected chi connectivity index (χ0v) is 8.10. The Balaban J connectivity index is 2.65. The summed E-state index contributed by atoms with van der Waals surface area (Å²) in [4.78, 5) is 0. The lowest BCUT2D eigenvalue weighted by atomic mass is 10.1. The monoisotopic (exact) mass is 191 g/mol. The molecule has 0 bridgehead atoms. The van der Waals surface area contributed by atoms with Crippen molar-refractivity contribution >= 4 is 0 Å². The highest BCUT2D eigenvalue weighted by Gasteiger charge is 2.04. The lowest BCUT2D eigenvalue weighted by Gasteiger charge is -2.06. The van der Waals surface area contributed by atoms with Gasteiger partial charge in [0.2, 0.25) is 0 Å². The third-order valence-electron chi connectivity index (χ3n) is 1.79. The summed E-state index contributed by atoms with van der Waals surface area (Å²) in [6, 6.07) is 8.66. The topological polar surface area (TPSA) is 53.2 Å². The Hall–Kier alpha value is -1.53. The normalized spacial score (nSPS) is 11.8. The molecule has 0 aromatic heterocycles. The third-order valence-corrected chi connectivity index (χ3v) is 1.79. The first-order valence-corrected chi connectivity index (χ1v) is 4.58. The van der Waals surface area contributed by atoms with E-state index < -0.39 is 6.10 Å². The molecule has 0 heterocycles. The molecule has 1 atom stereocenters. The number of hydrogen-bond donors (Lipinski definition) is 1. The number of hydrogen-bond acceptors (Lipinski definition) is 3. The van der Waals surface area contributed by atoms with Gasteiger partial charge < -0.3 is 9.84 Å². The van der Waals surface area contributed by atoms with E-state index in [0.717, 1.165) is 12.2 Å². The highest BCUT2D eigenvalue weighted by Crippen LogP contribution is 2.17. The number of aliphatic hydroxyl groups excluding tert-OH is 1. The van der Waals surface area contributed by atoms with E-state index in [0.29, 0.717) is 12.2 Å². The number of ether oxygens (including phenoxy) is 1. The summed E-state index contributed by atoms with van der Waals surface area (Å²) in [5.41, 5.74) is 0.594. The molecule has 74 valence electrons. The van der Waals surface area contributed by atoms with Crippen molar-refractivity contribution in [1.29, 1.82) is 5.26 Å². The molecule has 1 aromatic rings. The molecule has 3 heteroatoms. The van der Waals surface area contributed by atoms with Crippen LogP contribution in [0.1, 0.15) is 25.0 Å². The highest BCUT2D eigenvalue weighted by atomic mass is 16.5. The number of nitriles is 1. The minimum Gasteiger partial charge on any atom is -0.494 e. The Bertz CT molecular complexity index is 313. The Morgan fingerprint density at radius 1 is 1.43 bits per heavy atom. The first-order valence-electron chi connectivity index (χ1n) is 4.58. The van der Waals surface area contributed by atoms with Crippen molar-refractivity contribution in [1.82, 2.24) is 0 Å². The van der Waals surface area contributed by atoms with E-state index in [9.17, 15) is 5.11 Å². The van der Waals surface area contributed by atoms with Crippen LogP contribution in [0.5, 0.6) is 5.75 Å². The zero-order chi connectivity index (χ0) is 10.4. The summed E-state index contributed by atoms with van der Waals surface area (Å²) >= 11 is 0. The molecule has 0 radical (unpaired) electrons. The van der Waals surface area contributed by atoms with E-state index in [1.165, 1.54) is 0 Å². The molecule has 1 aromatic carbocycles. The summed E-state index contributed by atoms with van der Waals surface area (Å²) in [5.74, 6) is 0.765. The molecule has 0 spiro atoms. The Labute approximate surface area is 83.6 Å². The van der Waals surface area contributed by atoms with Crippen molar-refractivity contribution < 1.29 is 9.84 Å². The van der Waals surface area contributed by atoms with Crippen molar-refractivity contribution in [3.8, 4) is 11.8 Å². The summed E-state index contributed by atoms with van der Waals surface area (Å²) in [6.07, 6.45) is -0.0852. The van der Waals surface area contributed by atoms with Gasteiger partial charge >= 0.3 is 0 Å². The summed E-state index contributed by atoms with van der Waals surface area (Å²) < 4.78 is 5.36. The van der Waals surface area contributed by atoms with Gasteiger partial charge in [-0.2, -0.15) is 5.26 Å². The van der Waals surface area contributed by atoms with Crippen LogP contribution in [0.3, 0.4) is 0 Å². The van der Waals surface area contributed by atoms with Gasteiger partial charge in [-0.15, -0.1) is 0 Å². The smallest absolute Gasteiger partial charge is 0.165 e. The van der Waals surface area contributed by atoms with Gasteiger partial charge in [0.05, 0.1) is 12.7 Å². The molecule has 1 rings (SSSR count). The predicted molar refractivity (Wildman–Crippen MR) is 52.8 cm³/mol. The van der Waals surface area contributed by atoms with Crippen LogP contribution < -0.4 is 4.74 Å². The van der Waals surface area contributed by atoms with Crippen LogP contribution in [-0.2, 0) is 0 Å². The summed E-state index contributed by atoms with van der Waals surface area (Å²) in [7, 11) is 0. The second-order valence-corrected chi connectivity index (χ2v) is 2.95. The molecule has 1 N–H and O–H groups in total. The van der Waals surface area contributed by atoms with Gasteiger partial charge in [0.25, 0.3) is 0 Å². The molecular formula is C11H13NO2. The van der Waals surface area contributed by atoms with Crippen molar-refractivity contribution in [3.05, 3.63) is 29.8 Å². The largest absolute Gasteiger partial charge is 0.494 e. The average molecular weight is 191 g/mol. The predicted octanol–water partition coefficient (Wildman–Crippen LogP) is 2.03.